The van der Waals surface area contributed by atoms with Gasteiger partial charge in [-0.25, -0.2) is 13.5 Å². The van der Waals surface area contributed by atoms with Gasteiger partial charge in [0.1, 0.15) is 23.2 Å². The number of amides is 1. The van der Waals surface area contributed by atoms with Gasteiger partial charge >= 0.3 is 0 Å². The van der Waals surface area contributed by atoms with Gasteiger partial charge in [-0.1, -0.05) is 17.3 Å². The Hall–Kier alpha value is -4.12. The molecule has 1 amide bonds. The highest BCUT2D eigenvalue weighted by Gasteiger charge is 2.22. The fourth-order valence-corrected chi connectivity index (χ4v) is 4.29. The highest BCUT2D eigenvalue weighted by molar-refractivity contribution is 5.98. The zero-order chi connectivity index (χ0) is 23.1. The van der Waals surface area contributed by atoms with E-state index in [-0.39, 0.29) is 17.0 Å². The predicted molar refractivity (Wildman–Crippen MR) is 119 cm³/mol. The fourth-order valence-electron chi connectivity index (χ4n) is 4.29. The molecule has 0 spiro atoms. The molecule has 6 nitrogen and oxygen atoms in total. The summed E-state index contributed by atoms with van der Waals surface area (Å²) in [7, 11) is 1.68. The summed E-state index contributed by atoms with van der Waals surface area (Å²) in [6.07, 6.45) is 1.92. The molecule has 0 atom stereocenters. The average Bonchev–Trinajstić information content (AvgIpc) is 3.48. The van der Waals surface area contributed by atoms with Crippen molar-refractivity contribution in [2.24, 2.45) is 7.05 Å². The normalized spacial score (nSPS) is 13.5. The van der Waals surface area contributed by atoms with E-state index in [1.54, 1.807) is 48.3 Å². The number of carbonyl (C=O) groups is 1. The Morgan fingerprint density at radius 2 is 1.76 bits per heavy atom. The summed E-state index contributed by atoms with van der Waals surface area (Å²) in [5.74, 6) is -1.27. The molecule has 1 aliphatic heterocycles. The third-order valence-electron chi connectivity index (χ3n) is 6.05. The SMILES string of the molecule is Cn1nnc2cc(-c3ccc(C(=O)N4CCCC4)cc3-c3ccc(C#N)c(F)c3)c(F)cc21. The topological polar surface area (TPSA) is 74.8 Å². The predicted octanol–water partition coefficient (Wildman–Crippen LogP) is 4.69. The Kier molecular flexibility index (Phi) is 5.09. The molecular weight excluding hydrogens is 424 g/mol. The van der Waals surface area contributed by atoms with Crippen LogP contribution in [0.5, 0.6) is 0 Å². The van der Waals surface area contributed by atoms with Crippen molar-refractivity contribution >= 4 is 16.9 Å². The number of likely N-dealkylation sites (tertiary alicyclic amines) is 1. The van der Waals surface area contributed by atoms with Gasteiger partial charge in [-0.05, 0) is 59.9 Å². The molecule has 1 aromatic heterocycles. The van der Waals surface area contributed by atoms with Gasteiger partial charge < -0.3 is 4.90 Å². The number of fused-ring (bicyclic) bond motifs is 1. The van der Waals surface area contributed by atoms with E-state index >= 15 is 4.39 Å². The molecule has 5 rings (SSSR count). The Balaban J connectivity index is 1.70. The average molecular weight is 443 g/mol. The van der Waals surface area contributed by atoms with Gasteiger partial charge in [0.2, 0.25) is 0 Å². The van der Waals surface area contributed by atoms with Crippen molar-refractivity contribution in [3.8, 4) is 28.3 Å². The lowest BCUT2D eigenvalue weighted by atomic mass is 9.91. The summed E-state index contributed by atoms with van der Waals surface area (Å²) < 4.78 is 31.2. The lowest BCUT2D eigenvalue weighted by molar-refractivity contribution is 0.0793. The standard InChI is InChI=1S/C25H19F2N5O/c1-31-24-13-22(27)20(12-23(24)29-30-31)18-7-6-16(25(33)32-8-2-3-9-32)10-19(18)15-4-5-17(14-28)21(26)11-15/h4-7,10-13H,2-3,8-9H2,1H3. The highest BCUT2D eigenvalue weighted by Crippen LogP contribution is 2.37. The molecule has 33 heavy (non-hydrogen) atoms. The highest BCUT2D eigenvalue weighted by atomic mass is 19.1. The van der Waals surface area contributed by atoms with E-state index in [0.717, 1.165) is 12.8 Å². The maximum absolute atomic E-state index is 15.2. The van der Waals surface area contributed by atoms with E-state index in [9.17, 15) is 9.18 Å². The molecule has 1 aliphatic rings. The second-order valence-corrected chi connectivity index (χ2v) is 8.10. The first kappa shape index (κ1) is 20.8. The molecule has 0 saturated carbocycles. The van der Waals surface area contributed by atoms with E-state index in [1.807, 2.05) is 0 Å². The zero-order valence-corrected chi connectivity index (χ0v) is 17.8. The number of benzene rings is 3. The first-order valence-corrected chi connectivity index (χ1v) is 10.6. The van der Waals surface area contributed by atoms with Crippen LogP contribution in [0.15, 0.2) is 48.5 Å². The molecule has 3 aromatic carbocycles. The van der Waals surface area contributed by atoms with Crippen molar-refractivity contribution in [2.45, 2.75) is 12.8 Å². The smallest absolute Gasteiger partial charge is 0.253 e. The van der Waals surface area contributed by atoms with Gasteiger partial charge in [-0.2, -0.15) is 5.26 Å². The number of rotatable bonds is 3. The van der Waals surface area contributed by atoms with Crippen molar-refractivity contribution in [3.63, 3.8) is 0 Å². The molecule has 0 unspecified atom stereocenters. The number of nitrogens with zero attached hydrogens (tertiary/aromatic N) is 5. The van der Waals surface area contributed by atoms with Crippen LogP contribution >= 0.6 is 0 Å². The molecule has 1 fully saturated rings. The number of nitriles is 1. The summed E-state index contributed by atoms with van der Waals surface area (Å²) in [4.78, 5) is 14.8. The van der Waals surface area contributed by atoms with E-state index in [2.05, 4.69) is 10.3 Å². The molecule has 2 heterocycles. The lowest BCUT2D eigenvalue weighted by Crippen LogP contribution is -2.27. The van der Waals surface area contributed by atoms with Gasteiger partial charge in [-0.15, -0.1) is 5.10 Å². The van der Waals surface area contributed by atoms with Gasteiger partial charge in [0.05, 0.1) is 11.1 Å². The number of hydrogen-bond acceptors (Lipinski definition) is 4. The van der Waals surface area contributed by atoms with Crippen LogP contribution in [0.2, 0.25) is 0 Å². The molecular formula is C25H19F2N5O. The molecule has 164 valence electrons. The largest absolute Gasteiger partial charge is 0.339 e. The lowest BCUT2D eigenvalue weighted by Gasteiger charge is -2.18. The summed E-state index contributed by atoms with van der Waals surface area (Å²) in [6, 6.07) is 14.0. The minimum absolute atomic E-state index is 0.0863. The maximum atomic E-state index is 15.2. The molecule has 0 N–H and O–H groups in total. The number of hydrogen-bond donors (Lipinski definition) is 0. The minimum atomic E-state index is -0.679. The molecule has 0 aliphatic carbocycles. The summed E-state index contributed by atoms with van der Waals surface area (Å²) in [6.45, 7) is 1.39. The van der Waals surface area contributed by atoms with Gasteiger partial charge in [0.25, 0.3) is 5.91 Å². The quantitative estimate of drug-likeness (QED) is 0.461. The first-order valence-electron chi connectivity index (χ1n) is 10.6. The molecule has 1 saturated heterocycles. The first-order chi connectivity index (χ1) is 16.0. The zero-order valence-electron chi connectivity index (χ0n) is 17.8. The summed E-state index contributed by atoms with van der Waals surface area (Å²) in [5.41, 5.74) is 3.11. The molecule has 0 bridgehead atoms. The number of aryl methyl sites for hydroxylation is 1. The van der Waals surface area contributed by atoms with Crippen LogP contribution < -0.4 is 0 Å². The van der Waals surface area contributed by atoms with Crippen LogP contribution in [-0.2, 0) is 7.05 Å². The third-order valence-corrected chi connectivity index (χ3v) is 6.05. The van der Waals surface area contributed by atoms with Gasteiger partial charge in [-0.3, -0.25) is 4.79 Å². The van der Waals surface area contributed by atoms with E-state index in [1.165, 1.54) is 22.9 Å². The Labute approximate surface area is 188 Å². The van der Waals surface area contributed by atoms with E-state index in [4.69, 9.17) is 5.26 Å². The Morgan fingerprint density at radius 3 is 2.48 bits per heavy atom. The number of halogens is 2. The molecule has 0 radical (unpaired) electrons. The number of carbonyl (C=O) groups excluding carboxylic acids is 1. The van der Waals surface area contributed by atoms with Crippen LogP contribution in [0.25, 0.3) is 33.3 Å². The minimum Gasteiger partial charge on any atom is -0.339 e. The summed E-state index contributed by atoms with van der Waals surface area (Å²) >= 11 is 0. The van der Waals surface area contributed by atoms with Crippen molar-refractivity contribution in [3.05, 3.63) is 71.3 Å². The van der Waals surface area contributed by atoms with E-state index in [0.29, 0.717) is 46.4 Å². The second kappa shape index (κ2) is 8.10. The maximum Gasteiger partial charge on any atom is 0.253 e. The second-order valence-electron chi connectivity index (χ2n) is 8.10. The van der Waals surface area contributed by atoms with Crippen molar-refractivity contribution in [2.75, 3.05) is 13.1 Å². The van der Waals surface area contributed by atoms with Crippen LogP contribution in [0, 0.1) is 23.0 Å². The van der Waals surface area contributed by atoms with Gasteiger partial charge in [0.15, 0.2) is 0 Å². The van der Waals surface area contributed by atoms with Crippen molar-refractivity contribution < 1.29 is 13.6 Å². The molecule has 4 aromatic rings. The molecule has 8 heteroatoms. The van der Waals surface area contributed by atoms with Crippen LogP contribution in [0.3, 0.4) is 0 Å². The third kappa shape index (κ3) is 3.61. The van der Waals surface area contributed by atoms with Gasteiger partial charge in [0, 0.05) is 37.3 Å². The monoisotopic (exact) mass is 443 g/mol. The van der Waals surface area contributed by atoms with E-state index < -0.39 is 11.6 Å². The van der Waals surface area contributed by atoms with Crippen molar-refractivity contribution in [1.29, 1.82) is 5.26 Å². The Morgan fingerprint density at radius 1 is 0.970 bits per heavy atom. The number of aromatic nitrogens is 3. The summed E-state index contributed by atoms with van der Waals surface area (Å²) in [5, 5.41) is 17.1. The Bertz CT molecular complexity index is 1450. The van der Waals surface area contributed by atoms with Crippen LogP contribution in [0.4, 0.5) is 8.78 Å². The van der Waals surface area contributed by atoms with Crippen LogP contribution in [-0.4, -0.2) is 38.9 Å². The van der Waals surface area contributed by atoms with Crippen LogP contribution in [0.1, 0.15) is 28.8 Å². The van der Waals surface area contributed by atoms with Crippen molar-refractivity contribution in [1.82, 2.24) is 19.9 Å². The fraction of sp³-hybridized carbons (Fsp3) is 0.200.